The molecule has 0 spiro atoms. The van der Waals surface area contributed by atoms with Gasteiger partial charge < -0.3 is 14.4 Å². The molecule has 1 heterocycles. The van der Waals surface area contributed by atoms with E-state index in [1.54, 1.807) is 51.8 Å². The zero-order chi connectivity index (χ0) is 28.6. The smallest absolute Gasteiger partial charge is 0.416 e. The number of methoxy groups -OCH3 is 1. The molecule has 1 unspecified atom stereocenters. The zero-order valence-corrected chi connectivity index (χ0v) is 22.3. The molecule has 0 aliphatic rings. The second-order valence-corrected chi connectivity index (χ2v) is 9.92. The highest BCUT2D eigenvalue weighted by Crippen LogP contribution is 2.39. The van der Waals surface area contributed by atoms with E-state index >= 15 is 0 Å². The van der Waals surface area contributed by atoms with Gasteiger partial charge in [0, 0.05) is 12.7 Å². The molecule has 2 aromatic carbocycles. The van der Waals surface area contributed by atoms with E-state index in [0.717, 1.165) is 10.6 Å². The van der Waals surface area contributed by atoms with Gasteiger partial charge in [0.25, 0.3) is 5.56 Å². The number of hydrogen-bond donors (Lipinski definition) is 0. The van der Waals surface area contributed by atoms with Crippen LogP contribution in [0.3, 0.4) is 0 Å². The molecule has 0 amide bonds. The van der Waals surface area contributed by atoms with E-state index in [4.69, 9.17) is 4.74 Å². The van der Waals surface area contributed by atoms with Crippen molar-refractivity contribution in [2.45, 2.75) is 59.0 Å². The van der Waals surface area contributed by atoms with Gasteiger partial charge in [-0.25, -0.2) is 9.78 Å². The van der Waals surface area contributed by atoms with E-state index in [2.05, 4.69) is 9.72 Å². The third kappa shape index (κ3) is 6.15. The number of ether oxygens (including phenoxy) is 2. The van der Waals surface area contributed by atoms with Crippen LogP contribution >= 0.6 is 0 Å². The van der Waals surface area contributed by atoms with Gasteiger partial charge in [0.15, 0.2) is 0 Å². The second-order valence-electron chi connectivity index (χ2n) is 9.92. The third-order valence-corrected chi connectivity index (χ3v) is 6.08. The number of aryl methyl sites for hydroxylation is 1. The van der Waals surface area contributed by atoms with Crippen LogP contribution in [0, 0.1) is 6.92 Å². The lowest BCUT2D eigenvalue weighted by molar-refractivity contribution is -0.141. The van der Waals surface area contributed by atoms with Crippen molar-refractivity contribution in [3.63, 3.8) is 0 Å². The average Bonchev–Trinajstić information content (AvgIpc) is 2.83. The number of halogens is 3. The van der Waals surface area contributed by atoms with Crippen molar-refractivity contribution in [3.05, 3.63) is 69.3 Å². The summed E-state index contributed by atoms with van der Waals surface area (Å²) in [5.41, 5.74) is -1.66. The predicted molar refractivity (Wildman–Crippen MR) is 136 cm³/mol. The first-order valence-corrected chi connectivity index (χ1v) is 11.8. The normalized spacial score (nSPS) is 12.8. The van der Waals surface area contributed by atoms with Crippen molar-refractivity contribution in [1.82, 2.24) is 9.55 Å². The Labute approximate surface area is 218 Å². The fourth-order valence-electron chi connectivity index (χ4n) is 3.97. The molecule has 0 radical (unpaired) electrons. The molecule has 8 nitrogen and oxygen atoms in total. The Balaban J connectivity index is 2.07. The lowest BCUT2D eigenvalue weighted by atomic mass is 9.97. The topological polar surface area (TPSA) is 90.7 Å². The van der Waals surface area contributed by atoms with E-state index in [9.17, 15) is 27.6 Å². The molecule has 1 aromatic heterocycles. The summed E-state index contributed by atoms with van der Waals surface area (Å²) >= 11 is 0. The van der Waals surface area contributed by atoms with Gasteiger partial charge in [-0.3, -0.25) is 14.2 Å². The average molecular weight is 534 g/mol. The van der Waals surface area contributed by atoms with Crippen molar-refractivity contribution < 1.29 is 32.2 Å². The molecular weight excluding hydrogens is 503 g/mol. The molecule has 0 saturated carbocycles. The van der Waals surface area contributed by atoms with E-state index < -0.39 is 47.4 Å². The minimum Gasteiger partial charge on any atom is -0.468 e. The lowest BCUT2D eigenvalue weighted by Gasteiger charge is -2.30. The molecule has 0 bridgehead atoms. The summed E-state index contributed by atoms with van der Waals surface area (Å²) in [6.07, 6.45) is -4.71. The van der Waals surface area contributed by atoms with Crippen molar-refractivity contribution in [2.24, 2.45) is 0 Å². The van der Waals surface area contributed by atoms with Crippen molar-refractivity contribution in [1.29, 1.82) is 0 Å². The van der Waals surface area contributed by atoms with Gasteiger partial charge in [-0.15, -0.1) is 0 Å². The Morgan fingerprint density at radius 1 is 1.11 bits per heavy atom. The quantitative estimate of drug-likeness (QED) is 0.410. The first-order valence-electron chi connectivity index (χ1n) is 11.8. The Bertz CT molecular complexity index is 1420. The fraction of sp³-hybridized carbons (Fsp3) is 0.407. The molecule has 0 aliphatic carbocycles. The van der Waals surface area contributed by atoms with Crippen LogP contribution < -0.4 is 10.5 Å². The van der Waals surface area contributed by atoms with Gasteiger partial charge in [0.1, 0.15) is 18.0 Å². The highest BCUT2D eigenvalue weighted by molar-refractivity contribution is 5.90. The van der Waals surface area contributed by atoms with Crippen LogP contribution in [0.25, 0.3) is 10.9 Å². The number of fused-ring (bicyclic) bond motifs is 1. The first kappa shape index (κ1) is 28.7. The maximum absolute atomic E-state index is 14.1. The SMILES string of the molecule is COC(=O)Cn1c(C)nc2cc(C(F)(F)F)c(C(C)N(C)c3ccc(C(=O)OC(C)(C)C)cc3)cc2c1=O. The molecule has 1 atom stereocenters. The lowest BCUT2D eigenvalue weighted by Crippen LogP contribution is -2.29. The largest absolute Gasteiger partial charge is 0.468 e. The first-order chi connectivity index (χ1) is 17.5. The number of nitrogens with zero attached hydrogens (tertiary/aromatic N) is 3. The van der Waals surface area contributed by atoms with Crippen molar-refractivity contribution in [2.75, 3.05) is 19.1 Å². The monoisotopic (exact) mass is 533 g/mol. The van der Waals surface area contributed by atoms with Crippen molar-refractivity contribution >= 4 is 28.5 Å². The minimum absolute atomic E-state index is 0.0528. The van der Waals surface area contributed by atoms with Crippen LogP contribution in [-0.4, -0.2) is 41.2 Å². The summed E-state index contributed by atoms with van der Waals surface area (Å²) in [4.78, 5) is 43.0. The van der Waals surface area contributed by atoms with E-state index in [1.165, 1.54) is 32.2 Å². The molecule has 3 rings (SSSR count). The molecule has 0 saturated heterocycles. The van der Waals surface area contributed by atoms with Gasteiger partial charge >= 0.3 is 18.1 Å². The Hall–Kier alpha value is -3.89. The van der Waals surface area contributed by atoms with Crippen molar-refractivity contribution in [3.8, 4) is 0 Å². The minimum atomic E-state index is -4.71. The molecule has 11 heteroatoms. The summed E-state index contributed by atoms with van der Waals surface area (Å²) in [7, 11) is 2.78. The maximum Gasteiger partial charge on any atom is 0.416 e. The fourth-order valence-corrected chi connectivity index (χ4v) is 3.97. The second kappa shape index (κ2) is 10.5. The Morgan fingerprint density at radius 3 is 2.24 bits per heavy atom. The van der Waals surface area contributed by atoms with E-state index in [1.807, 2.05) is 0 Å². The predicted octanol–water partition coefficient (Wildman–Crippen LogP) is 5.05. The van der Waals surface area contributed by atoms with Crippen LogP contribution in [0.2, 0.25) is 0 Å². The maximum atomic E-state index is 14.1. The number of hydrogen-bond acceptors (Lipinski definition) is 7. The number of carbonyl (C=O) groups excluding carboxylic acids is 2. The molecular formula is C27H30F3N3O5. The van der Waals surface area contributed by atoms with E-state index in [0.29, 0.717) is 11.3 Å². The van der Waals surface area contributed by atoms with Crippen LogP contribution in [0.1, 0.15) is 61.0 Å². The summed E-state index contributed by atoms with van der Waals surface area (Å²) < 4.78 is 53.4. The van der Waals surface area contributed by atoms with E-state index in [-0.39, 0.29) is 22.3 Å². The Kier molecular flexibility index (Phi) is 7.90. The van der Waals surface area contributed by atoms with Gasteiger partial charge in [-0.1, -0.05) is 0 Å². The molecule has 0 aliphatic heterocycles. The Morgan fingerprint density at radius 2 is 1.71 bits per heavy atom. The summed E-state index contributed by atoms with van der Waals surface area (Å²) in [5, 5.41) is -0.0528. The van der Waals surface area contributed by atoms with Gasteiger partial charge in [-0.2, -0.15) is 13.2 Å². The molecule has 204 valence electrons. The highest BCUT2D eigenvalue weighted by atomic mass is 19.4. The highest BCUT2D eigenvalue weighted by Gasteiger charge is 2.36. The van der Waals surface area contributed by atoms with Gasteiger partial charge in [0.05, 0.1) is 35.2 Å². The summed E-state index contributed by atoms with van der Waals surface area (Å²) in [5.74, 6) is -1.12. The van der Waals surface area contributed by atoms with Crippen LogP contribution in [-0.2, 0) is 27.0 Å². The molecule has 38 heavy (non-hydrogen) atoms. The molecule has 3 aromatic rings. The number of carbonyl (C=O) groups is 2. The molecule has 0 N–H and O–H groups in total. The third-order valence-electron chi connectivity index (χ3n) is 6.08. The van der Waals surface area contributed by atoms with Crippen LogP contribution in [0.4, 0.5) is 18.9 Å². The standard InChI is InChI=1S/C27H30F3N3O5/c1-15(32(6)18-10-8-17(9-11-18)25(36)38-26(3,4)5)19-12-20-22(13-21(19)27(28,29)30)31-16(2)33(24(20)35)14-23(34)37-7/h8-13,15H,14H2,1-7H3. The zero-order valence-electron chi connectivity index (χ0n) is 22.3. The number of anilines is 1. The number of alkyl halides is 3. The van der Waals surface area contributed by atoms with Crippen LogP contribution in [0.15, 0.2) is 41.2 Å². The van der Waals surface area contributed by atoms with Gasteiger partial charge in [0.2, 0.25) is 0 Å². The van der Waals surface area contributed by atoms with Gasteiger partial charge in [-0.05, 0) is 76.6 Å². The number of benzene rings is 2. The molecule has 0 fully saturated rings. The van der Waals surface area contributed by atoms with Crippen LogP contribution in [0.5, 0.6) is 0 Å². The number of esters is 2. The summed E-state index contributed by atoms with van der Waals surface area (Å²) in [6, 6.07) is 7.50. The summed E-state index contributed by atoms with van der Waals surface area (Å²) in [6.45, 7) is 7.84. The number of aromatic nitrogens is 2. The number of rotatable bonds is 6.